The second kappa shape index (κ2) is 21.0. The SMILES string of the molecule is CCCCC#CCc1cc(CC#CCCCC)c(CC#CCCCC)cc1CC#CCCCC. The fourth-order valence-electron chi connectivity index (χ4n) is 3.49. The minimum absolute atomic E-state index is 0.800. The highest BCUT2D eigenvalue weighted by Gasteiger charge is 2.08. The molecule has 0 spiro atoms. The molecule has 0 radical (unpaired) electrons. The summed E-state index contributed by atoms with van der Waals surface area (Å²) in [5.74, 6) is 27.1. The number of rotatable bonds is 12. The summed E-state index contributed by atoms with van der Waals surface area (Å²) in [6.07, 6.45) is 16.7. The van der Waals surface area contributed by atoms with E-state index in [9.17, 15) is 0 Å². The summed E-state index contributed by atoms with van der Waals surface area (Å²) in [5, 5.41) is 0. The molecule has 0 amide bonds. The molecular weight excluding hydrogens is 408 g/mol. The normalized spacial score (nSPS) is 9.53. The molecule has 0 fully saturated rings. The Bertz CT molecular complexity index is 777. The van der Waals surface area contributed by atoms with Crippen molar-refractivity contribution in [1.82, 2.24) is 0 Å². The molecule has 1 aromatic rings. The highest BCUT2D eigenvalue weighted by molar-refractivity contribution is 5.44. The Morgan fingerprint density at radius 2 is 0.618 bits per heavy atom. The molecule has 0 aliphatic carbocycles. The van der Waals surface area contributed by atoms with E-state index in [1.165, 1.54) is 73.6 Å². The maximum atomic E-state index is 3.42. The molecule has 0 atom stereocenters. The summed E-state index contributed by atoms with van der Waals surface area (Å²) < 4.78 is 0. The van der Waals surface area contributed by atoms with Crippen molar-refractivity contribution in [3.8, 4) is 47.4 Å². The van der Waals surface area contributed by atoms with Crippen molar-refractivity contribution in [2.75, 3.05) is 0 Å². The van der Waals surface area contributed by atoms with Crippen LogP contribution < -0.4 is 0 Å². The number of hydrogen-bond acceptors (Lipinski definition) is 0. The largest absolute Gasteiger partial charge is 0.103 e. The van der Waals surface area contributed by atoms with Gasteiger partial charge in [-0.15, -0.1) is 23.7 Å². The van der Waals surface area contributed by atoms with Gasteiger partial charge in [-0.2, -0.15) is 0 Å². The van der Waals surface area contributed by atoms with Crippen LogP contribution in [-0.2, 0) is 25.7 Å². The van der Waals surface area contributed by atoms with Gasteiger partial charge in [0.25, 0.3) is 0 Å². The predicted molar refractivity (Wildman–Crippen MR) is 150 cm³/mol. The van der Waals surface area contributed by atoms with E-state index in [2.05, 4.69) is 87.2 Å². The van der Waals surface area contributed by atoms with Crippen LogP contribution in [0.1, 0.15) is 127 Å². The smallest absolute Gasteiger partial charge is 0.0343 e. The summed E-state index contributed by atoms with van der Waals surface area (Å²) in [7, 11) is 0. The number of hydrogen-bond donors (Lipinski definition) is 0. The standard InChI is InChI=1S/C34H46/c1-5-9-13-17-21-25-31-29-33(27-23-19-15-11-7-3)34(28-24-20-16-12-8-4)30-32(31)26-22-18-14-10-6-2/h29-30H,5-16,25-28H2,1-4H3. The lowest BCUT2D eigenvalue weighted by atomic mass is 9.92. The molecule has 0 nitrogen and oxygen atoms in total. The Kier molecular flexibility index (Phi) is 18.2. The average Bonchev–Trinajstić information content (AvgIpc) is 2.84. The van der Waals surface area contributed by atoms with Crippen molar-refractivity contribution in [2.24, 2.45) is 0 Å². The fourth-order valence-corrected chi connectivity index (χ4v) is 3.49. The second-order valence-electron chi connectivity index (χ2n) is 8.93. The molecule has 0 bridgehead atoms. The van der Waals surface area contributed by atoms with Crippen molar-refractivity contribution >= 4 is 0 Å². The van der Waals surface area contributed by atoms with Crippen LogP contribution in [0.3, 0.4) is 0 Å². The van der Waals surface area contributed by atoms with E-state index in [1.54, 1.807) is 0 Å². The van der Waals surface area contributed by atoms with Crippen LogP contribution in [0.25, 0.3) is 0 Å². The molecule has 0 unspecified atom stereocenters. The molecule has 0 saturated carbocycles. The minimum atomic E-state index is 0.800. The zero-order valence-electron chi connectivity index (χ0n) is 22.5. The summed E-state index contributed by atoms with van der Waals surface area (Å²) in [4.78, 5) is 0. The van der Waals surface area contributed by atoms with E-state index in [4.69, 9.17) is 0 Å². The first-order chi connectivity index (χ1) is 16.8. The van der Waals surface area contributed by atoms with Crippen molar-refractivity contribution in [1.29, 1.82) is 0 Å². The van der Waals surface area contributed by atoms with Gasteiger partial charge in [-0.3, -0.25) is 0 Å². The first kappa shape index (κ1) is 29.5. The highest BCUT2D eigenvalue weighted by Crippen LogP contribution is 2.20. The minimum Gasteiger partial charge on any atom is -0.103 e. The van der Waals surface area contributed by atoms with Crippen LogP contribution >= 0.6 is 0 Å². The Labute approximate surface area is 212 Å². The molecular formula is C34H46. The maximum Gasteiger partial charge on any atom is 0.0343 e. The predicted octanol–water partition coefficient (Wildman–Crippen LogP) is 8.63. The van der Waals surface area contributed by atoms with Crippen molar-refractivity contribution < 1.29 is 0 Å². The first-order valence-corrected chi connectivity index (χ1v) is 13.7. The van der Waals surface area contributed by atoms with Gasteiger partial charge in [0.05, 0.1) is 0 Å². The van der Waals surface area contributed by atoms with E-state index < -0.39 is 0 Å². The van der Waals surface area contributed by atoms with Crippen molar-refractivity contribution in [3.63, 3.8) is 0 Å². The lowest BCUT2D eigenvalue weighted by molar-refractivity contribution is 0.827. The number of unbranched alkanes of at least 4 members (excludes halogenated alkanes) is 8. The van der Waals surface area contributed by atoms with Crippen molar-refractivity contribution in [2.45, 2.75) is 130 Å². The van der Waals surface area contributed by atoms with Crippen LogP contribution in [0.2, 0.25) is 0 Å². The van der Waals surface area contributed by atoms with Gasteiger partial charge in [-0.1, -0.05) is 89.2 Å². The van der Waals surface area contributed by atoms with Gasteiger partial charge in [-0.25, -0.2) is 0 Å². The van der Waals surface area contributed by atoms with Gasteiger partial charge in [0.2, 0.25) is 0 Å². The molecule has 0 aliphatic rings. The summed E-state index contributed by atoms with van der Waals surface area (Å²) in [5.41, 5.74) is 5.28. The van der Waals surface area contributed by atoms with Crippen LogP contribution in [0.5, 0.6) is 0 Å². The van der Waals surface area contributed by atoms with Gasteiger partial charge in [0, 0.05) is 51.4 Å². The molecule has 34 heavy (non-hydrogen) atoms. The summed E-state index contributed by atoms with van der Waals surface area (Å²) >= 11 is 0. The van der Waals surface area contributed by atoms with E-state index >= 15 is 0 Å². The van der Waals surface area contributed by atoms with Crippen LogP contribution in [-0.4, -0.2) is 0 Å². The zero-order valence-corrected chi connectivity index (χ0v) is 22.5. The summed E-state index contributed by atoms with van der Waals surface area (Å²) in [6.45, 7) is 8.87. The van der Waals surface area contributed by atoms with Gasteiger partial charge in [-0.05, 0) is 47.9 Å². The topological polar surface area (TPSA) is 0 Å². The fraction of sp³-hybridized carbons (Fsp3) is 0.588. The molecule has 0 aromatic heterocycles. The third kappa shape index (κ3) is 13.9. The first-order valence-electron chi connectivity index (χ1n) is 13.7. The Morgan fingerprint density at radius 1 is 0.382 bits per heavy atom. The molecule has 1 aromatic carbocycles. The Morgan fingerprint density at radius 3 is 0.824 bits per heavy atom. The molecule has 1 rings (SSSR count). The maximum absolute atomic E-state index is 3.42. The molecule has 0 saturated heterocycles. The molecule has 0 aliphatic heterocycles. The van der Waals surface area contributed by atoms with E-state index in [1.807, 2.05) is 0 Å². The zero-order chi connectivity index (χ0) is 24.7. The van der Waals surface area contributed by atoms with Gasteiger partial charge in [0.15, 0.2) is 0 Å². The number of benzene rings is 1. The lowest BCUT2D eigenvalue weighted by Gasteiger charge is -2.12. The lowest BCUT2D eigenvalue weighted by Crippen LogP contribution is -2.01. The average molecular weight is 455 g/mol. The van der Waals surface area contributed by atoms with Gasteiger partial charge >= 0.3 is 0 Å². The van der Waals surface area contributed by atoms with E-state index in [-0.39, 0.29) is 0 Å². The van der Waals surface area contributed by atoms with Crippen LogP contribution in [0.15, 0.2) is 12.1 Å². The Hall–Kier alpha value is -2.54. The highest BCUT2D eigenvalue weighted by atomic mass is 14.1. The third-order valence-electron chi connectivity index (χ3n) is 5.76. The van der Waals surface area contributed by atoms with Crippen LogP contribution in [0.4, 0.5) is 0 Å². The Balaban J connectivity index is 3.21. The monoisotopic (exact) mass is 454 g/mol. The van der Waals surface area contributed by atoms with E-state index in [0.29, 0.717) is 0 Å². The third-order valence-corrected chi connectivity index (χ3v) is 5.76. The molecule has 0 N–H and O–H groups in total. The van der Waals surface area contributed by atoms with Gasteiger partial charge in [0.1, 0.15) is 0 Å². The van der Waals surface area contributed by atoms with Crippen LogP contribution in [0, 0.1) is 47.4 Å². The molecule has 0 heterocycles. The summed E-state index contributed by atoms with van der Waals surface area (Å²) in [6, 6.07) is 4.71. The quantitative estimate of drug-likeness (QED) is 0.219. The molecule has 0 heteroatoms. The molecule has 182 valence electrons. The van der Waals surface area contributed by atoms with Crippen molar-refractivity contribution in [3.05, 3.63) is 34.4 Å². The van der Waals surface area contributed by atoms with E-state index in [0.717, 1.165) is 51.4 Å². The second-order valence-corrected chi connectivity index (χ2v) is 8.93. The van der Waals surface area contributed by atoms with Gasteiger partial charge < -0.3 is 0 Å².